The molecule has 1 heterocycles. The molecule has 240 valence electrons. The second kappa shape index (κ2) is 12.1. The number of nitrogens with zero attached hydrogens (tertiary/aromatic N) is 2. The van der Waals surface area contributed by atoms with E-state index in [1.54, 1.807) is 0 Å². The van der Waals surface area contributed by atoms with Crippen molar-refractivity contribution in [1.82, 2.24) is 0 Å². The minimum absolute atomic E-state index is 0. The molecule has 1 aliphatic heterocycles. The molecule has 0 N–H and O–H groups in total. The van der Waals surface area contributed by atoms with Crippen molar-refractivity contribution in [2.24, 2.45) is 35.5 Å². The molecule has 12 rings (SSSR count). The molecule has 0 spiro atoms. The summed E-state index contributed by atoms with van der Waals surface area (Å²) in [6.07, 6.45) is 20.4. The fourth-order valence-corrected chi connectivity index (χ4v) is 18.0. The average molecular weight is 806 g/mol. The zero-order chi connectivity index (χ0) is 30.1. The molecule has 8 aliphatic carbocycles. The molecule has 0 aromatic heterocycles. The molecule has 5 heteroatoms. The van der Waals surface area contributed by atoms with Crippen molar-refractivity contribution in [3.05, 3.63) is 110 Å². The van der Waals surface area contributed by atoms with E-state index in [-0.39, 0.29) is 30.4 Å². The zero-order valence-corrected chi connectivity index (χ0v) is 30.1. The molecule has 3 aromatic carbocycles. The Bertz CT molecular complexity index is 1420. The van der Waals surface area contributed by atoms with Gasteiger partial charge in [0.1, 0.15) is 7.14 Å². The molecule has 8 bridgehead atoms. The van der Waals surface area contributed by atoms with Gasteiger partial charge in [-0.3, -0.25) is 0 Å². The average Bonchev–Trinajstić information content (AvgIpc) is 3.55. The van der Waals surface area contributed by atoms with Crippen LogP contribution in [0.2, 0.25) is 0 Å². The van der Waals surface area contributed by atoms with Crippen LogP contribution in [-0.2, 0) is 24.7 Å². The van der Waals surface area contributed by atoms with Crippen LogP contribution in [0.1, 0.15) is 77.0 Å². The summed E-state index contributed by atoms with van der Waals surface area (Å²) in [5.41, 5.74) is 2.20. The molecule has 9 aliphatic rings. The van der Waals surface area contributed by atoms with Crippen LogP contribution in [-0.4, -0.2) is 10.3 Å². The van der Waals surface area contributed by atoms with Gasteiger partial charge in [0.05, 0.1) is 0 Å². The molecule has 3 nitrogen and oxygen atoms in total. The van der Waals surface area contributed by atoms with E-state index < -0.39 is 7.14 Å². The van der Waals surface area contributed by atoms with Crippen LogP contribution in [0, 0.1) is 54.3 Å². The van der Waals surface area contributed by atoms with E-state index in [1.807, 2.05) is 66.4 Å². The Morgan fingerprint density at radius 1 is 0.587 bits per heavy atom. The second-order valence-corrected chi connectivity index (χ2v) is 19.6. The van der Waals surface area contributed by atoms with Crippen molar-refractivity contribution in [2.75, 3.05) is 9.80 Å². The van der Waals surface area contributed by atoms with Crippen molar-refractivity contribution in [3.63, 3.8) is 0 Å². The van der Waals surface area contributed by atoms with Gasteiger partial charge in [0.15, 0.2) is 0 Å². The second-order valence-electron chi connectivity index (χ2n) is 16.0. The molecule has 0 unspecified atom stereocenters. The van der Waals surface area contributed by atoms with Crippen LogP contribution in [0.3, 0.4) is 0 Å². The van der Waals surface area contributed by atoms with E-state index in [0.29, 0.717) is 0 Å². The van der Waals surface area contributed by atoms with Gasteiger partial charge in [0, 0.05) is 16.0 Å². The van der Waals surface area contributed by atoms with E-state index in [1.165, 1.54) is 82.4 Å². The number of hydrogen-bond donors (Lipinski definition) is 0. The van der Waals surface area contributed by atoms with Crippen LogP contribution in [0.15, 0.2) is 91.3 Å². The maximum atomic E-state index is 15.9. The van der Waals surface area contributed by atoms with Gasteiger partial charge in [-0.15, -0.1) is 17.7 Å². The van der Waals surface area contributed by atoms with Gasteiger partial charge in [-0.05, 0) is 137 Å². The molecular formula is C41H46IrN2OP. The normalized spacial score (nSPS) is 37.4. The van der Waals surface area contributed by atoms with Crippen LogP contribution >= 0.6 is 7.14 Å². The maximum Gasteiger partial charge on any atom is 3.00 e. The summed E-state index contributed by atoms with van der Waals surface area (Å²) >= 11 is 0. The Morgan fingerprint density at radius 2 is 1.04 bits per heavy atom. The molecule has 0 atom stereocenters. The standard InChI is InChI=1S/C26H34OP.C15H12N2.Ir/c27-28(24-4-2-1-3-5-24,25-12-18-6-19(13-25)8-20(7-18)14-25)26-15-21-9-22(16-26)11-23(10-21)17-26;1-3-7-14(8-4-1)16-11-12-17(13-16)15-9-5-2-6-10-15;/h1-4,18-23H,6-17H2;1-9,11-13H;/q-1;-2;+3. The first-order valence-corrected chi connectivity index (χ1v) is 19.4. The Balaban J connectivity index is 0.000000150. The van der Waals surface area contributed by atoms with Crippen molar-refractivity contribution in [3.8, 4) is 0 Å². The Hall–Kier alpha value is -2.12. The predicted octanol–water partition coefficient (Wildman–Crippen LogP) is 9.81. The molecule has 8 saturated carbocycles. The summed E-state index contributed by atoms with van der Waals surface area (Å²) in [4.78, 5) is 4.13. The largest absolute Gasteiger partial charge is 3.00 e. The van der Waals surface area contributed by atoms with Gasteiger partial charge in [0.2, 0.25) is 0 Å². The minimum Gasteiger partial charge on any atom is -0.500 e. The third kappa shape index (κ3) is 5.12. The van der Waals surface area contributed by atoms with Crippen molar-refractivity contribution in [1.29, 1.82) is 0 Å². The summed E-state index contributed by atoms with van der Waals surface area (Å²) < 4.78 is 15.9. The summed E-state index contributed by atoms with van der Waals surface area (Å²) in [5.74, 6) is 5.23. The number of benzene rings is 3. The van der Waals surface area contributed by atoms with E-state index >= 15 is 4.57 Å². The van der Waals surface area contributed by atoms with Crippen LogP contribution in [0.5, 0.6) is 0 Å². The molecule has 0 radical (unpaired) electrons. The third-order valence-corrected chi connectivity index (χ3v) is 17.8. The molecule has 0 amide bonds. The number of rotatable bonds is 5. The number of para-hydroxylation sites is 2. The molecule has 3 aromatic rings. The van der Waals surface area contributed by atoms with Gasteiger partial charge in [-0.2, -0.15) is 60.7 Å². The summed E-state index contributed by atoms with van der Waals surface area (Å²) in [6, 6.07) is 33.5. The first-order chi connectivity index (χ1) is 22.0. The van der Waals surface area contributed by atoms with Crippen LogP contribution < -0.4 is 15.1 Å². The summed E-state index contributed by atoms with van der Waals surface area (Å²) in [5, 5.41) is 1.43. The van der Waals surface area contributed by atoms with Crippen LogP contribution in [0.25, 0.3) is 0 Å². The van der Waals surface area contributed by atoms with Gasteiger partial charge in [-0.25, -0.2) is 0 Å². The maximum absolute atomic E-state index is 15.9. The van der Waals surface area contributed by atoms with E-state index in [0.717, 1.165) is 46.9 Å². The smallest absolute Gasteiger partial charge is 0.500 e. The minimum atomic E-state index is -2.53. The van der Waals surface area contributed by atoms with E-state index in [9.17, 15) is 0 Å². The Kier molecular flexibility index (Phi) is 8.19. The Labute approximate surface area is 290 Å². The topological polar surface area (TPSA) is 23.6 Å². The number of anilines is 2. The first kappa shape index (κ1) is 31.2. The zero-order valence-electron chi connectivity index (χ0n) is 26.8. The summed E-state index contributed by atoms with van der Waals surface area (Å²) in [7, 11) is -2.53. The van der Waals surface area contributed by atoms with Crippen molar-refractivity contribution >= 4 is 23.8 Å². The predicted molar refractivity (Wildman–Crippen MR) is 184 cm³/mol. The monoisotopic (exact) mass is 806 g/mol. The van der Waals surface area contributed by atoms with Crippen molar-refractivity contribution < 1.29 is 24.7 Å². The molecular weight excluding hydrogens is 760 g/mol. The van der Waals surface area contributed by atoms with Crippen LogP contribution in [0.4, 0.5) is 11.4 Å². The third-order valence-electron chi connectivity index (χ3n) is 13.0. The first-order valence-electron chi connectivity index (χ1n) is 17.7. The van der Waals surface area contributed by atoms with E-state index in [2.05, 4.69) is 53.4 Å². The fraction of sp³-hybridized carbons (Fsp3) is 0.488. The SMILES string of the molecule is O=P(c1[c-]cccc1)(C12CC3CC(CC(C3)C1)C2)C12CC3CC(CC(C3)C1)C2.[Ir+3].[c-]1ccccc1N1C=CN(c2ccccc2)[CH-]1. The quantitative estimate of drug-likeness (QED) is 0.190. The van der Waals surface area contributed by atoms with Gasteiger partial charge >= 0.3 is 20.1 Å². The van der Waals surface area contributed by atoms with E-state index in [4.69, 9.17) is 0 Å². The fourth-order valence-electron chi connectivity index (χ4n) is 12.3. The number of hydrogen-bond acceptors (Lipinski definition) is 3. The van der Waals surface area contributed by atoms with Gasteiger partial charge < -0.3 is 14.4 Å². The molecule has 46 heavy (non-hydrogen) atoms. The van der Waals surface area contributed by atoms with Gasteiger partial charge in [0.25, 0.3) is 0 Å². The Morgan fingerprint density at radius 3 is 1.50 bits per heavy atom. The van der Waals surface area contributed by atoms with Gasteiger partial charge in [-0.1, -0.05) is 18.2 Å². The van der Waals surface area contributed by atoms with Crippen molar-refractivity contribution in [2.45, 2.75) is 87.4 Å². The molecule has 8 fully saturated rings. The molecule has 0 saturated heterocycles. The summed E-state index contributed by atoms with van der Waals surface area (Å²) in [6.45, 7) is 2.04.